The van der Waals surface area contributed by atoms with E-state index >= 15 is 0 Å². The molecule has 4 heteroatoms. The second-order valence-electron chi connectivity index (χ2n) is 4.78. The van der Waals surface area contributed by atoms with Crippen molar-refractivity contribution in [2.45, 2.75) is 26.4 Å². The van der Waals surface area contributed by atoms with Gasteiger partial charge < -0.3 is 11.1 Å². The summed E-state index contributed by atoms with van der Waals surface area (Å²) in [5, 5.41) is 2.99. The van der Waals surface area contributed by atoms with E-state index in [-0.39, 0.29) is 12.1 Å². The highest BCUT2D eigenvalue weighted by atomic mass is 16.2. The molecule has 2 rings (SSSR count). The SMILES string of the molecule is CC(C)C1CN(c2ccc(CN)cc2)C(=O)N1. The van der Waals surface area contributed by atoms with Crippen LogP contribution in [0.25, 0.3) is 0 Å². The highest BCUT2D eigenvalue weighted by molar-refractivity contribution is 5.94. The van der Waals surface area contributed by atoms with Crippen LogP contribution in [0.5, 0.6) is 0 Å². The van der Waals surface area contributed by atoms with Gasteiger partial charge in [0.05, 0.1) is 6.04 Å². The van der Waals surface area contributed by atoms with Crippen molar-refractivity contribution in [2.75, 3.05) is 11.4 Å². The summed E-state index contributed by atoms with van der Waals surface area (Å²) in [4.78, 5) is 13.6. The Labute approximate surface area is 102 Å². The second kappa shape index (κ2) is 4.75. The van der Waals surface area contributed by atoms with Crippen molar-refractivity contribution in [2.24, 2.45) is 11.7 Å². The van der Waals surface area contributed by atoms with Crippen molar-refractivity contribution in [3.05, 3.63) is 29.8 Å². The number of benzene rings is 1. The molecule has 3 N–H and O–H groups in total. The molecule has 92 valence electrons. The second-order valence-corrected chi connectivity index (χ2v) is 4.78. The molecule has 1 atom stereocenters. The third kappa shape index (κ3) is 2.42. The molecule has 1 heterocycles. The smallest absolute Gasteiger partial charge is 0.322 e. The quantitative estimate of drug-likeness (QED) is 0.834. The third-order valence-electron chi connectivity index (χ3n) is 3.22. The van der Waals surface area contributed by atoms with Crippen molar-refractivity contribution in [3.63, 3.8) is 0 Å². The van der Waals surface area contributed by atoms with Crippen LogP contribution in [-0.4, -0.2) is 18.6 Å². The Bertz CT molecular complexity index is 400. The van der Waals surface area contributed by atoms with Crippen LogP contribution >= 0.6 is 0 Å². The molecule has 1 fully saturated rings. The van der Waals surface area contributed by atoms with Gasteiger partial charge in [-0.3, -0.25) is 4.90 Å². The van der Waals surface area contributed by atoms with Gasteiger partial charge in [-0.1, -0.05) is 26.0 Å². The molecule has 0 spiro atoms. The lowest BCUT2D eigenvalue weighted by Gasteiger charge is -2.16. The monoisotopic (exact) mass is 233 g/mol. The number of nitrogens with two attached hydrogens (primary N) is 1. The van der Waals surface area contributed by atoms with Crippen molar-refractivity contribution in [1.29, 1.82) is 0 Å². The molecule has 1 aliphatic heterocycles. The average Bonchev–Trinajstić information content (AvgIpc) is 2.72. The summed E-state index contributed by atoms with van der Waals surface area (Å²) in [6, 6.07) is 8.05. The van der Waals surface area contributed by atoms with E-state index in [9.17, 15) is 4.79 Å². The van der Waals surface area contributed by atoms with Crippen LogP contribution in [0.1, 0.15) is 19.4 Å². The fourth-order valence-electron chi connectivity index (χ4n) is 1.97. The van der Waals surface area contributed by atoms with Crippen molar-refractivity contribution in [1.82, 2.24) is 5.32 Å². The number of amides is 2. The van der Waals surface area contributed by atoms with Crippen LogP contribution in [0, 0.1) is 5.92 Å². The fourth-order valence-corrected chi connectivity index (χ4v) is 1.97. The molecule has 17 heavy (non-hydrogen) atoms. The zero-order chi connectivity index (χ0) is 12.4. The molecule has 4 nitrogen and oxygen atoms in total. The number of rotatable bonds is 3. The zero-order valence-corrected chi connectivity index (χ0v) is 10.3. The van der Waals surface area contributed by atoms with E-state index in [0.29, 0.717) is 12.5 Å². The van der Waals surface area contributed by atoms with Crippen molar-refractivity contribution >= 4 is 11.7 Å². The average molecular weight is 233 g/mol. The first-order valence-corrected chi connectivity index (χ1v) is 5.99. The Morgan fingerprint density at radius 2 is 2.06 bits per heavy atom. The minimum atomic E-state index is -0.0100. The van der Waals surface area contributed by atoms with Crippen LogP contribution in [0.15, 0.2) is 24.3 Å². The Balaban J connectivity index is 2.14. The molecule has 1 aliphatic rings. The van der Waals surface area contributed by atoms with E-state index in [4.69, 9.17) is 5.73 Å². The van der Waals surface area contributed by atoms with Crippen LogP contribution in [0.4, 0.5) is 10.5 Å². The van der Waals surface area contributed by atoms with Gasteiger partial charge in [-0.25, -0.2) is 4.79 Å². The third-order valence-corrected chi connectivity index (χ3v) is 3.22. The van der Waals surface area contributed by atoms with Crippen molar-refractivity contribution in [3.8, 4) is 0 Å². The molecule has 1 aromatic carbocycles. The Hall–Kier alpha value is -1.55. The number of hydrogen-bond acceptors (Lipinski definition) is 2. The van der Waals surface area contributed by atoms with E-state index in [1.165, 1.54) is 0 Å². The van der Waals surface area contributed by atoms with E-state index in [1.807, 2.05) is 24.3 Å². The molecule has 1 saturated heterocycles. The lowest BCUT2D eigenvalue weighted by molar-refractivity contribution is 0.249. The lowest BCUT2D eigenvalue weighted by Crippen LogP contribution is -2.31. The van der Waals surface area contributed by atoms with Gasteiger partial charge in [0, 0.05) is 18.8 Å². The maximum absolute atomic E-state index is 11.8. The number of nitrogens with zero attached hydrogens (tertiary/aromatic N) is 1. The van der Waals surface area contributed by atoms with Gasteiger partial charge in [-0.2, -0.15) is 0 Å². The zero-order valence-electron chi connectivity index (χ0n) is 10.3. The predicted octanol–water partition coefficient (Wildman–Crippen LogP) is 1.70. The van der Waals surface area contributed by atoms with Gasteiger partial charge >= 0.3 is 6.03 Å². The van der Waals surface area contributed by atoms with E-state index in [0.717, 1.165) is 17.8 Å². The Morgan fingerprint density at radius 3 is 2.53 bits per heavy atom. The molecule has 0 saturated carbocycles. The van der Waals surface area contributed by atoms with Crippen LogP contribution < -0.4 is 16.0 Å². The standard InChI is InChI=1S/C13H19N3O/c1-9(2)12-8-16(13(17)15-12)11-5-3-10(7-14)4-6-11/h3-6,9,12H,7-8,14H2,1-2H3,(H,15,17). The molecule has 1 unspecified atom stereocenters. The summed E-state index contributed by atoms with van der Waals surface area (Å²) in [6.07, 6.45) is 0. The summed E-state index contributed by atoms with van der Waals surface area (Å²) >= 11 is 0. The van der Waals surface area contributed by atoms with Gasteiger partial charge in [-0.05, 0) is 23.6 Å². The Kier molecular flexibility index (Phi) is 3.33. The summed E-state index contributed by atoms with van der Waals surface area (Å²) in [6.45, 7) is 5.50. The molecule has 0 radical (unpaired) electrons. The van der Waals surface area contributed by atoms with Gasteiger partial charge in [0.15, 0.2) is 0 Å². The minimum Gasteiger partial charge on any atom is -0.333 e. The van der Waals surface area contributed by atoms with E-state index < -0.39 is 0 Å². The van der Waals surface area contributed by atoms with Crippen LogP contribution in [0.2, 0.25) is 0 Å². The van der Waals surface area contributed by atoms with Gasteiger partial charge in [0.25, 0.3) is 0 Å². The normalized spacial score (nSPS) is 19.9. The van der Waals surface area contributed by atoms with Gasteiger partial charge in [0.2, 0.25) is 0 Å². The number of anilines is 1. The number of nitrogens with one attached hydrogen (secondary N) is 1. The molecule has 1 aromatic rings. The molecular formula is C13H19N3O. The summed E-state index contributed by atoms with van der Waals surface area (Å²) in [7, 11) is 0. The number of hydrogen-bond donors (Lipinski definition) is 2. The molecule has 2 amide bonds. The molecule has 0 aliphatic carbocycles. The first-order chi connectivity index (χ1) is 8.11. The largest absolute Gasteiger partial charge is 0.333 e. The first-order valence-electron chi connectivity index (χ1n) is 5.99. The minimum absolute atomic E-state index is 0.0100. The molecular weight excluding hydrogens is 214 g/mol. The topological polar surface area (TPSA) is 58.4 Å². The summed E-state index contributed by atoms with van der Waals surface area (Å²) in [5.41, 5.74) is 7.56. The number of urea groups is 1. The highest BCUT2D eigenvalue weighted by Gasteiger charge is 2.31. The van der Waals surface area contributed by atoms with E-state index in [2.05, 4.69) is 19.2 Å². The highest BCUT2D eigenvalue weighted by Crippen LogP contribution is 2.21. The Morgan fingerprint density at radius 1 is 1.41 bits per heavy atom. The summed E-state index contributed by atoms with van der Waals surface area (Å²) in [5.74, 6) is 0.451. The van der Waals surface area contributed by atoms with Gasteiger partial charge in [-0.15, -0.1) is 0 Å². The van der Waals surface area contributed by atoms with Crippen LogP contribution in [-0.2, 0) is 6.54 Å². The maximum atomic E-state index is 11.8. The van der Waals surface area contributed by atoms with Crippen LogP contribution in [0.3, 0.4) is 0 Å². The molecule has 0 aromatic heterocycles. The number of carbonyl (C=O) groups is 1. The summed E-state index contributed by atoms with van der Waals surface area (Å²) < 4.78 is 0. The number of carbonyl (C=O) groups excluding carboxylic acids is 1. The molecule has 0 bridgehead atoms. The van der Waals surface area contributed by atoms with Crippen molar-refractivity contribution < 1.29 is 4.79 Å². The predicted molar refractivity (Wildman–Crippen MR) is 68.8 cm³/mol. The fraction of sp³-hybridized carbons (Fsp3) is 0.462. The maximum Gasteiger partial charge on any atom is 0.322 e. The lowest BCUT2D eigenvalue weighted by atomic mass is 10.1. The first kappa shape index (κ1) is 11.9. The van der Waals surface area contributed by atoms with Gasteiger partial charge in [0.1, 0.15) is 0 Å². The van der Waals surface area contributed by atoms with E-state index in [1.54, 1.807) is 4.90 Å².